The summed E-state index contributed by atoms with van der Waals surface area (Å²) in [7, 11) is 4.69. The lowest BCUT2D eigenvalue weighted by Gasteiger charge is -2.10. The van der Waals surface area contributed by atoms with Gasteiger partial charge in [-0.2, -0.15) is 0 Å². The number of fused-ring (bicyclic) bond motifs is 1. The summed E-state index contributed by atoms with van der Waals surface area (Å²) >= 11 is 3.41. The number of hydrogen-bond donors (Lipinski definition) is 0. The summed E-state index contributed by atoms with van der Waals surface area (Å²) in [6.45, 7) is 0. The number of benzene rings is 2. The van der Waals surface area contributed by atoms with Crippen LogP contribution in [0.1, 0.15) is 15.9 Å². The van der Waals surface area contributed by atoms with Crippen LogP contribution in [0.5, 0.6) is 23.0 Å². The van der Waals surface area contributed by atoms with Gasteiger partial charge in [0.15, 0.2) is 5.76 Å². The second-order valence-corrected chi connectivity index (χ2v) is 5.88. The quantitative estimate of drug-likeness (QED) is 0.735. The summed E-state index contributed by atoms with van der Waals surface area (Å²) < 4.78 is 22.2. The molecule has 124 valence electrons. The van der Waals surface area contributed by atoms with Crippen molar-refractivity contribution < 1.29 is 23.7 Å². The number of allylic oxidation sites excluding steroid dienone is 1. The molecule has 0 fully saturated rings. The molecule has 0 saturated carbocycles. The highest BCUT2D eigenvalue weighted by atomic mass is 79.9. The molecule has 0 aromatic heterocycles. The van der Waals surface area contributed by atoms with Crippen LogP contribution in [0.15, 0.2) is 40.6 Å². The maximum absolute atomic E-state index is 12.6. The van der Waals surface area contributed by atoms with E-state index in [4.69, 9.17) is 18.9 Å². The standard InChI is InChI=1S/C18H15BrO5/c1-21-11-4-5-14-12(8-11)18(20)17(24-14)7-10-6-16(23-3)13(19)9-15(10)22-2/h4-9H,1-3H3/b17-7-. The summed E-state index contributed by atoms with van der Waals surface area (Å²) in [6, 6.07) is 8.68. The summed E-state index contributed by atoms with van der Waals surface area (Å²) in [6.07, 6.45) is 1.64. The third-order valence-electron chi connectivity index (χ3n) is 3.67. The predicted molar refractivity (Wildman–Crippen MR) is 93.2 cm³/mol. The number of ether oxygens (including phenoxy) is 4. The van der Waals surface area contributed by atoms with Crippen molar-refractivity contribution in [3.8, 4) is 23.0 Å². The Morgan fingerprint density at radius 3 is 2.42 bits per heavy atom. The summed E-state index contributed by atoms with van der Waals surface area (Å²) in [5, 5.41) is 0. The lowest BCUT2D eigenvalue weighted by Crippen LogP contribution is -1.99. The lowest BCUT2D eigenvalue weighted by atomic mass is 10.1. The minimum atomic E-state index is -0.201. The summed E-state index contributed by atoms with van der Waals surface area (Å²) in [4.78, 5) is 12.6. The highest BCUT2D eigenvalue weighted by molar-refractivity contribution is 9.10. The molecule has 5 nitrogen and oxygen atoms in total. The molecule has 1 aliphatic heterocycles. The van der Waals surface area contributed by atoms with Crippen molar-refractivity contribution in [2.24, 2.45) is 0 Å². The van der Waals surface area contributed by atoms with E-state index in [0.717, 1.165) is 4.47 Å². The van der Waals surface area contributed by atoms with Crippen molar-refractivity contribution in [2.45, 2.75) is 0 Å². The fraction of sp³-hybridized carbons (Fsp3) is 0.167. The van der Waals surface area contributed by atoms with Gasteiger partial charge < -0.3 is 18.9 Å². The Hall–Kier alpha value is -2.47. The molecular weight excluding hydrogens is 376 g/mol. The van der Waals surface area contributed by atoms with Crippen molar-refractivity contribution in [1.29, 1.82) is 0 Å². The third kappa shape index (κ3) is 2.85. The summed E-state index contributed by atoms with van der Waals surface area (Å²) in [5.41, 5.74) is 1.16. The first-order valence-electron chi connectivity index (χ1n) is 7.11. The zero-order chi connectivity index (χ0) is 17.3. The van der Waals surface area contributed by atoms with Gasteiger partial charge in [0.1, 0.15) is 23.0 Å². The van der Waals surface area contributed by atoms with Gasteiger partial charge in [0.25, 0.3) is 0 Å². The van der Waals surface area contributed by atoms with Gasteiger partial charge in [0, 0.05) is 5.56 Å². The number of ketones is 1. The molecule has 24 heavy (non-hydrogen) atoms. The zero-order valence-electron chi connectivity index (χ0n) is 13.4. The van der Waals surface area contributed by atoms with Crippen LogP contribution in [0.25, 0.3) is 6.08 Å². The smallest absolute Gasteiger partial charge is 0.232 e. The average Bonchev–Trinajstić information content (AvgIpc) is 2.91. The number of rotatable bonds is 4. The van der Waals surface area contributed by atoms with Crippen molar-refractivity contribution in [3.63, 3.8) is 0 Å². The van der Waals surface area contributed by atoms with Crippen LogP contribution in [0.2, 0.25) is 0 Å². The van der Waals surface area contributed by atoms with E-state index in [1.807, 2.05) is 0 Å². The lowest BCUT2D eigenvalue weighted by molar-refractivity contribution is 0.101. The molecule has 0 saturated heterocycles. The Morgan fingerprint density at radius 2 is 1.75 bits per heavy atom. The number of carbonyl (C=O) groups excluding carboxylic acids is 1. The van der Waals surface area contributed by atoms with Crippen LogP contribution in [0.3, 0.4) is 0 Å². The SMILES string of the molecule is COc1ccc2c(c1)C(=O)/C(=C/c1cc(OC)c(Br)cc1OC)O2. The van der Waals surface area contributed by atoms with Gasteiger partial charge in [-0.3, -0.25) is 4.79 Å². The Morgan fingerprint density at radius 1 is 1.00 bits per heavy atom. The normalized spacial score (nSPS) is 14.3. The van der Waals surface area contributed by atoms with E-state index in [2.05, 4.69) is 15.9 Å². The van der Waals surface area contributed by atoms with Gasteiger partial charge in [0.2, 0.25) is 5.78 Å². The first kappa shape index (κ1) is 16.4. The molecular formula is C18H15BrO5. The zero-order valence-corrected chi connectivity index (χ0v) is 15.0. The second-order valence-electron chi connectivity index (χ2n) is 5.03. The van der Waals surface area contributed by atoms with E-state index in [1.165, 1.54) is 0 Å². The number of halogens is 1. The first-order valence-corrected chi connectivity index (χ1v) is 7.90. The monoisotopic (exact) mass is 390 g/mol. The van der Waals surface area contributed by atoms with Gasteiger partial charge in [-0.05, 0) is 52.3 Å². The fourth-order valence-electron chi connectivity index (χ4n) is 2.43. The van der Waals surface area contributed by atoms with Gasteiger partial charge in [0.05, 0.1) is 31.4 Å². The molecule has 2 aromatic rings. The Balaban J connectivity index is 2.03. The first-order chi connectivity index (χ1) is 11.6. The van der Waals surface area contributed by atoms with E-state index in [1.54, 1.807) is 57.7 Å². The molecule has 1 aliphatic rings. The molecule has 0 aliphatic carbocycles. The maximum atomic E-state index is 12.6. The fourth-order valence-corrected chi connectivity index (χ4v) is 2.92. The van der Waals surface area contributed by atoms with Crippen molar-refractivity contribution in [2.75, 3.05) is 21.3 Å². The van der Waals surface area contributed by atoms with Crippen LogP contribution in [0.4, 0.5) is 0 Å². The molecule has 0 radical (unpaired) electrons. The number of methoxy groups -OCH3 is 3. The predicted octanol–water partition coefficient (Wildman–Crippen LogP) is 4.09. The van der Waals surface area contributed by atoms with Crippen LogP contribution >= 0.6 is 15.9 Å². The molecule has 0 N–H and O–H groups in total. The molecule has 0 spiro atoms. The molecule has 0 bridgehead atoms. The Labute approximate surface area is 147 Å². The van der Waals surface area contributed by atoms with Crippen molar-refractivity contribution in [1.82, 2.24) is 0 Å². The largest absolute Gasteiger partial charge is 0.497 e. The third-order valence-corrected chi connectivity index (χ3v) is 4.29. The summed E-state index contributed by atoms with van der Waals surface area (Å²) in [5.74, 6) is 2.37. The van der Waals surface area contributed by atoms with Gasteiger partial charge in [-0.25, -0.2) is 0 Å². The number of hydrogen-bond acceptors (Lipinski definition) is 5. The molecule has 0 unspecified atom stereocenters. The van der Waals surface area contributed by atoms with Crippen molar-refractivity contribution >= 4 is 27.8 Å². The molecule has 1 heterocycles. The minimum absolute atomic E-state index is 0.201. The van der Waals surface area contributed by atoms with E-state index in [9.17, 15) is 4.79 Å². The van der Waals surface area contributed by atoms with E-state index in [0.29, 0.717) is 34.1 Å². The van der Waals surface area contributed by atoms with E-state index >= 15 is 0 Å². The minimum Gasteiger partial charge on any atom is -0.497 e. The maximum Gasteiger partial charge on any atom is 0.232 e. The molecule has 6 heteroatoms. The van der Waals surface area contributed by atoms with Crippen LogP contribution in [0, 0.1) is 0 Å². The van der Waals surface area contributed by atoms with E-state index in [-0.39, 0.29) is 11.5 Å². The number of carbonyl (C=O) groups is 1. The number of Topliss-reactive ketones (excluding diaryl/α,β-unsaturated/α-hetero) is 1. The Bertz CT molecular complexity index is 842. The van der Waals surface area contributed by atoms with Gasteiger partial charge in [-0.1, -0.05) is 0 Å². The van der Waals surface area contributed by atoms with Crippen molar-refractivity contribution in [3.05, 3.63) is 51.7 Å². The highest BCUT2D eigenvalue weighted by Gasteiger charge is 2.28. The molecule has 0 amide bonds. The molecule has 3 rings (SSSR count). The molecule has 2 aromatic carbocycles. The second kappa shape index (κ2) is 6.57. The average molecular weight is 391 g/mol. The van der Waals surface area contributed by atoms with Crippen LogP contribution in [-0.2, 0) is 0 Å². The van der Waals surface area contributed by atoms with E-state index < -0.39 is 0 Å². The topological polar surface area (TPSA) is 54.0 Å². The molecule has 0 atom stereocenters. The highest BCUT2D eigenvalue weighted by Crippen LogP contribution is 2.37. The van der Waals surface area contributed by atoms with Crippen LogP contribution < -0.4 is 18.9 Å². The van der Waals surface area contributed by atoms with Gasteiger partial charge in [-0.15, -0.1) is 0 Å². The van der Waals surface area contributed by atoms with Gasteiger partial charge >= 0.3 is 0 Å². The Kier molecular flexibility index (Phi) is 4.49. The van der Waals surface area contributed by atoms with Crippen LogP contribution in [-0.4, -0.2) is 27.1 Å².